The Morgan fingerprint density at radius 3 is 2.56 bits per heavy atom. The Bertz CT molecular complexity index is 101. The quantitative estimate of drug-likeness (QED) is 0.570. The Balaban J connectivity index is 2.45. The first-order chi connectivity index (χ1) is 4.16. The van der Waals surface area contributed by atoms with Crippen molar-refractivity contribution < 1.29 is 0 Å². The molecule has 0 bridgehead atoms. The number of hydrogen-bond donors (Lipinski definition) is 1. The molecule has 0 aromatic rings. The van der Waals surface area contributed by atoms with E-state index in [1.807, 2.05) is 0 Å². The summed E-state index contributed by atoms with van der Waals surface area (Å²) in [6.07, 6.45) is 4.06. The highest BCUT2D eigenvalue weighted by molar-refractivity contribution is 4.84. The molecule has 0 radical (unpaired) electrons. The van der Waals surface area contributed by atoms with Gasteiger partial charge < -0.3 is 5.73 Å². The summed E-state index contributed by atoms with van der Waals surface area (Å²) >= 11 is 0. The molecule has 2 atom stereocenters. The third-order valence-electron chi connectivity index (χ3n) is 2.57. The van der Waals surface area contributed by atoms with Gasteiger partial charge in [0.2, 0.25) is 0 Å². The second-order valence-electron chi connectivity index (χ2n) is 3.86. The smallest absolute Gasteiger partial charge is 0.00231 e. The number of hydrogen-bond acceptors (Lipinski definition) is 1. The molecular formula is C8H17N. The van der Waals surface area contributed by atoms with Crippen molar-refractivity contribution in [3.8, 4) is 0 Å². The molecule has 1 nitrogen and oxygen atoms in total. The molecule has 0 spiro atoms. The van der Waals surface area contributed by atoms with Crippen LogP contribution < -0.4 is 5.73 Å². The summed E-state index contributed by atoms with van der Waals surface area (Å²) in [6.45, 7) is 5.49. The lowest BCUT2D eigenvalue weighted by Crippen LogP contribution is -2.23. The predicted octanol–water partition coefficient (Wildman–Crippen LogP) is 1.77. The zero-order chi connectivity index (χ0) is 6.91. The Labute approximate surface area is 57.6 Å². The van der Waals surface area contributed by atoms with E-state index >= 15 is 0 Å². The van der Waals surface area contributed by atoms with Crippen molar-refractivity contribution in [2.75, 3.05) is 6.54 Å². The van der Waals surface area contributed by atoms with E-state index in [0.717, 1.165) is 12.5 Å². The lowest BCUT2D eigenvalue weighted by atomic mass is 9.88. The van der Waals surface area contributed by atoms with Crippen molar-refractivity contribution in [1.29, 1.82) is 0 Å². The van der Waals surface area contributed by atoms with Crippen LogP contribution in [0.5, 0.6) is 0 Å². The van der Waals surface area contributed by atoms with Gasteiger partial charge in [0.15, 0.2) is 0 Å². The maximum absolute atomic E-state index is 5.63. The highest BCUT2D eigenvalue weighted by atomic mass is 14.6. The predicted molar refractivity (Wildman–Crippen MR) is 40.2 cm³/mol. The minimum atomic E-state index is 0.486. The van der Waals surface area contributed by atoms with Gasteiger partial charge in [-0.15, -0.1) is 0 Å². The van der Waals surface area contributed by atoms with Crippen LogP contribution in [0.2, 0.25) is 0 Å². The van der Waals surface area contributed by atoms with Crippen LogP contribution >= 0.6 is 0 Å². The van der Waals surface area contributed by atoms with E-state index in [0.29, 0.717) is 5.41 Å². The second-order valence-corrected chi connectivity index (χ2v) is 3.86. The fourth-order valence-corrected chi connectivity index (χ4v) is 1.83. The summed E-state index contributed by atoms with van der Waals surface area (Å²) in [5.41, 5.74) is 6.12. The molecule has 0 aromatic carbocycles. The summed E-state index contributed by atoms with van der Waals surface area (Å²) in [6, 6.07) is 0. The summed E-state index contributed by atoms with van der Waals surface area (Å²) in [4.78, 5) is 0. The molecule has 0 aromatic heterocycles. The van der Waals surface area contributed by atoms with E-state index in [2.05, 4.69) is 13.8 Å². The normalized spacial score (nSPS) is 43.7. The van der Waals surface area contributed by atoms with E-state index in [1.54, 1.807) is 0 Å². The summed E-state index contributed by atoms with van der Waals surface area (Å²) in [7, 11) is 0. The lowest BCUT2D eigenvalue weighted by Gasteiger charge is -2.20. The molecule has 0 saturated heterocycles. The van der Waals surface area contributed by atoms with Gasteiger partial charge in [-0.2, -0.15) is 0 Å². The van der Waals surface area contributed by atoms with Crippen molar-refractivity contribution >= 4 is 0 Å². The van der Waals surface area contributed by atoms with E-state index in [-0.39, 0.29) is 0 Å². The van der Waals surface area contributed by atoms with E-state index in [9.17, 15) is 0 Å². The molecule has 1 heteroatoms. The van der Waals surface area contributed by atoms with Crippen LogP contribution in [-0.4, -0.2) is 6.54 Å². The molecular weight excluding hydrogens is 110 g/mol. The molecule has 0 heterocycles. The molecule has 1 aliphatic rings. The number of nitrogens with two attached hydrogens (primary N) is 1. The monoisotopic (exact) mass is 127 g/mol. The maximum atomic E-state index is 5.63. The van der Waals surface area contributed by atoms with Gasteiger partial charge in [-0.1, -0.05) is 20.3 Å². The van der Waals surface area contributed by atoms with Crippen molar-refractivity contribution in [1.82, 2.24) is 0 Å². The minimum Gasteiger partial charge on any atom is -0.330 e. The van der Waals surface area contributed by atoms with Gasteiger partial charge in [0, 0.05) is 0 Å². The molecule has 54 valence electrons. The fraction of sp³-hybridized carbons (Fsp3) is 1.00. The highest BCUT2D eigenvalue weighted by Crippen LogP contribution is 2.39. The maximum Gasteiger partial charge on any atom is -0.00231 e. The molecule has 0 amide bonds. The van der Waals surface area contributed by atoms with Crippen molar-refractivity contribution in [2.45, 2.75) is 33.1 Å². The Morgan fingerprint density at radius 1 is 1.67 bits per heavy atom. The first-order valence-electron chi connectivity index (χ1n) is 3.86. The SMILES string of the molecule is C[C@H]1CC[C@@](C)(CN)C1. The molecule has 1 aliphatic carbocycles. The molecule has 0 aliphatic heterocycles. The van der Waals surface area contributed by atoms with E-state index in [4.69, 9.17) is 5.73 Å². The zero-order valence-electron chi connectivity index (χ0n) is 6.48. The van der Waals surface area contributed by atoms with Crippen molar-refractivity contribution in [3.05, 3.63) is 0 Å². The van der Waals surface area contributed by atoms with Crippen molar-refractivity contribution in [3.63, 3.8) is 0 Å². The van der Waals surface area contributed by atoms with Crippen molar-refractivity contribution in [2.24, 2.45) is 17.1 Å². The second kappa shape index (κ2) is 2.30. The number of rotatable bonds is 1. The van der Waals surface area contributed by atoms with Gasteiger partial charge in [-0.05, 0) is 30.7 Å². The lowest BCUT2D eigenvalue weighted by molar-refractivity contribution is 0.337. The Morgan fingerprint density at radius 2 is 2.33 bits per heavy atom. The van der Waals surface area contributed by atoms with Gasteiger partial charge in [0.25, 0.3) is 0 Å². The molecule has 1 fully saturated rings. The van der Waals surface area contributed by atoms with Crippen LogP contribution in [-0.2, 0) is 0 Å². The molecule has 1 saturated carbocycles. The van der Waals surface area contributed by atoms with Crippen LogP contribution in [0.1, 0.15) is 33.1 Å². The largest absolute Gasteiger partial charge is 0.330 e. The van der Waals surface area contributed by atoms with Crippen LogP contribution in [0.25, 0.3) is 0 Å². The Hall–Kier alpha value is -0.0400. The van der Waals surface area contributed by atoms with Crippen LogP contribution in [0.4, 0.5) is 0 Å². The molecule has 0 unspecified atom stereocenters. The van der Waals surface area contributed by atoms with Crippen LogP contribution in [0, 0.1) is 11.3 Å². The zero-order valence-corrected chi connectivity index (χ0v) is 6.48. The topological polar surface area (TPSA) is 26.0 Å². The van der Waals surface area contributed by atoms with Gasteiger partial charge >= 0.3 is 0 Å². The third-order valence-corrected chi connectivity index (χ3v) is 2.57. The van der Waals surface area contributed by atoms with Crippen LogP contribution in [0.15, 0.2) is 0 Å². The molecule has 9 heavy (non-hydrogen) atoms. The summed E-state index contributed by atoms with van der Waals surface area (Å²) in [5.74, 6) is 0.915. The first kappa shape index (κ1) is 7.07. The first-order valence-corrected chi connectivity index (χ1v) is 3.86. The average molecular weight is 127 g/mol. The average Bonchev–Trinajstić information content (AvgIpc) is 2.13. The Kier molecular flexibility index (Phi) is 1.80. The summed E-state index contributed by atoms with van der Waals surface area (Å²) in [5, 5.41) is 0. The standard InChI is InChI=1S/C8H17N/c1-7-3-4-8(2,5-7)6-9/h7H,3-6,9H2,1-2H3/t7-,8+/m0/s1. The third kappa shape index (κ3) is 1.45. The van der Waals surface area contributed by atoms with Gasteiger partial charge in [0.05, 0.1) is 0 Å². The highest BCUT2D eigenvalue weighted by Gasteiger charge is 2.31. The van der Waals surface area contributed by atoms with E-state index in [1.165, 1.54) is 19.3 Å². The van der Waals surface area contributed by atoms with Gasteiger partial charge in [0.1, 0.15) is 0 Å². The van der Waals surface area contributed by atoms with E-state index < -0.39 is 0 Å². The summed E-state index contributed by atoms with van der Waals surface area (Å²) < 4.78 is 0. The van der Waals surface area contributed by atoms with Gasteiger partial charge in [-0.25, -0.2) is 0 Å². The molecule has 1 rings (SSSR count). The molecule has 2 N–H and O–H groups in total. The minimum absolute atomic E-state index is 0.486. The fourth-order valence-electron chi connectivity index (χ4n) is 1.83. The van der Waals surface area contributed by atoms with Crippen LogP contribution in [0.3, 0.4) is 0 Å². The van der Waals surface area contributed by atoms with Gasteiger partial charge in [-0.3, -0.25) is 0 Å².